The molecule has 4 atom stereocenters. The minimum absolute atomic E-state index is 0. The van der Waals surface area contributed by atoms with Crippen LogP contribution in [0.1, 0.15) is 63.8 Å². The van der Waals surface area contributed by atoms with Crippen molar-refractivity contribution >= 4 is 16.0 Å². The Morgan fingerprint density at radius 2 is 1.64 bits per heavy atom. The van der Waals surface area contributed by atoms with Crippen molar-refractivity contribution in [2.75, 3.05) is 18.9 Å². The maximum absolute atomic E-state index is 12.7. The average molecular weight is 562 g/mol. The Kier molecular flexibility index (Phi) is 12.6. The molecule has 2 N–H and O–H groups in total. The normalized spacial score (nSPS) is 18.5. The molecule has 0 aliphatic heterocycles. The zero-order valence-corrected chi connectivity index (χ0v) is 24.5. The Balaban J connectivity index is 0.000000518. The Bertz CT molecular complexity index is 1250. The summed E-state index contributed by atoms with van der Waals surface area (Å²) in [6.07, 6.45) is 12.3. The van der Waals surface area contributed by atoms with Crippen molar-refractivity contribution in [2.24, 2.45) is 0 Å². The van der Waals surface area contributed by atoms with Gasteiger partial charge in [-0.1, -0.05) is 6.92 Å². The first-order valence-corrected chi connectivity index (χ1v) is 14.4. The summed E-state index contributed by atoms with van der Waals surface area (Å²) in [4.78, 5) is 16.7. The van der Waals surface area contributed by atoms with Crippen LogP contribution in [0.25, 0.3) is 11.4 Å². The summed E-state index contributed by atoms with van der Waals surface area (Å²) >= 11 is 0. The zero-order chi connectivity index (χ0) is 29.0. The van der Waals surface area contributed by atoms with Gasteiger partial charge in [-0.05, 0) is 63.6 Å². The molecule has 0 amide bonds. The molecule has 0 radical (unpaired) electrons. The Labute approximate surface area is 233 Å². The van der Waals surface area contributed by atoms with Crippen LogP contribution in [0.2, 0.25) is 0 Å². The molecule has 39 heavy (non-hydrogen) atoms. The van der Waals surface area contributed by atoms with E-state index in [0.717, 1.165) is 23.1 Å². The molecule has 1 saturated carbocycles. The number of sulfonamides is 1. The lowest BCUT2D eigenvalue weighted by Crippen LogP contribution is -2.31. The van der Waals surface area contributed by atoms with Gasteiger partial charge in [-0.25, -0.2) is 23.1 Å². The lowest BCUT2D eigenvalue weighted by atomic mass is 9.95. The number of methoxy groups -OCH3 is 2. The molecule has 1 fully saturated rings. The first kappa shape index (κ1) is 32.0. The largest absolute Gasteiger partial charge is 0.381 e. The van der Waals surface area contributed by atoms with Crippen LogP contribution in [0, 0.1) is 13.8 Å². The molecule has 3 aromatic heterocycles. The summed E-state index contributed by atoms with van der Waals surface area (Å²) in [7, 11) is -0.178. The van der Waals surface area contributed by atoms with Gasteiger partial charge in [0.1, 0.15) is 5.82 Å². The number of aryl methyl sites for hydroxylation is 2. The van der Waals surface area contributed by atoms with Crippen molar-refractivity contribution in [1.82, 2.24) is 30.1 Å². The highest BCUT2D eigenvalue weighted by atomic mass is 32.2. The second kappa shape index (κ2) is 15.4. The fraction of sp³-hybridized carbons (Fsp3) is 0.519. The van der Waals surface area contributed by atoms with E-state index >= 15 is 0 Å². The van der Waals surface area contributed by atoms with Gasteiger partial charge in [0, 0.05) is 51.9 Å². The fourth-order valence-electron chi connectivity index (χ4n) is 3.99. The van der Waals surface area contributed by atoms with Crippen molar-refractivity contribution in [3.8, 4) is 11.4 Å². The smallest absolute Gasteiger partial charge is 0.256 e. The molecule has 11 nitrogen and oxygen atoms in total. The number of rotatable bonds is 8. The summed E-state index contributed by atoms with van der Waals surface area (Å²) in [6, 6.07) is 1.88. The van der Waals surface area contributed by atoms with E-state index in [0.29, 0.717) is 23.9 Å². The van der Waals surface area contributed by atoms with Crippen LogP contribution in [-0.4, -0.2) is 70.2 Å². The minimum atomic E-state index is -3.74. The van der Waals surface area contributed by atoms with Crippen molar-refractivity contribution in [1.29, 1.82) is 0 Å². The van der Waals surface area contributed by atoms with E-state index < -0.39 is 21.2 Å². The summed E-state index contributed by atoms with van der Waals surface area (Å²) in [5.41, 5.74) is 2.60. The van der Waals surface area contributed by atoms with Gasteiger partial charge in [0.25, 0.3) is 5.95 Å². The lowest BCUT2D eigenvalue weighted by molar-refractivity contribution is -0.00925. The van der Waals surface area contributed by atoms with Crippen LogP contribution >= 0.6 is 0 Å². The molecule has 1 aliphatic carbocycles. The predicted molar refractivity (Wildman–Crippen MR) is 155 cm³/mol. The van der Waals surface area contributed by atoms with Crippen molar-refractivity contribution < 1.29 is 19.3 Å². The number of anilines is 1. The van der Waals surface area contributed by atoms with Gasteiger partial charge in [0.15, 0.2) is 5.82 Å². The second-order valence-electron chi connectivity index (χ2n) is 9.40. The van der Waals surface area contributed by atoms with E-state index in [1.54, 1.807) is 52.9 Å². The number of ether oxygens (including phenoxy) is 2. The third kappa shape index (κ3) is 9.48. The average Bonchev–Trinajstić information content (AvgIpc) is 3.42. The van der Waals surface area contributed by atoms with Gasteiger partial charge in [-0.2, -0.15) is 4.98 Å². The van der Waals surface area contributed by atoms with E-state index in [-0.39, 0.29) is 7.37 Å². The van der Waals surface area contributed by atoms with Crippen molar-refractivity contribution in [2.45, 2.75) is 76.8 Å². The highest BCUT2D eigenvalue weighted by Gasteiger charge is 2.30. The molecule has 0 spiro atoms. The third-order valence-corrected chi connectivity index (χ3v) is 8.37. The van der Waals surface area contributed by atoms with E-state index in [4.69, 9.17) is 9.47 Å². The summed E-state index contributed by atoms with van der Waals surface area (Å²) in [5, 5.41) is 5.90. The molecule has 0 aromatic carbocycles. The molecule has 4 rings (SSSR count). The first-order chi connectivity index (χ1) is 18.6. The molecule has 3 heterocycles. The highest BCUT2D eigenvalue weighted by molar-refractivity contribution is 7.93. The molecule has 12 heteroatoms. The Hall–Kier alpha value is -3.22. The molecule has 1 aliphatic rings. The van der Waals surface area contributed by atoms with Crippen LogP contribution < -0.4 is 4.72 Å². The quantitative estimate of drug-likeness (QED) is 0.369. The summed E-state index contributed by atoms with van der Waals surface area (Å²) < 4.78 is 38.3. The number of hydrogen-bond donors (Lipinski definition) is 2. The minimum Gasteiger partial charge on any atom is -0.381 e. The number of hydrogen-bond acceptors (Lipinski definition) is 9. The van der Waals surface area contributed by atoms with E-state index in [1.807, 2.05) is 19.9 Å². The van der Waals surface area contributed by atoms with Gasteiger partial charge in [0.2, 0.25) is 10.0 Å². The maximum Gasteiger partial charge on any atom is 0.256 e. The molecular formula is C27H43N7O4S. The lowest BCUT2D eigenvalue weighted by Gasteiger charge is -2.26. The number of pyridine rings is 1. The maximum atomic E-state index is 12.7. The Morgan fingerprint density at radius 3 is 2.21 bits per heavy atom. The topological polar surface area (TPSA) is 145 Å². The van der Waals surface area contributed by atoms with Gasteiger partial charge < -0.3 is 9.47 Å². The SMILES string of the molecule is C=C.CO[C@@H]1CCC[C@H](OC)C1.Cc1cnc([C@@H](C)[C@H](C)S(=O)(=O)Nc2n[nH]c(-c3cncc(C)c3)n2)nc1.[HH]. The number of H-pyrrole nitrogens is 1. The predicted octanol–water partition coefficient (Wildman–Crippen LogP) is 4.85. The summed E-state index contributed by atoms with van der Waals surface area (Å²) in [5.74, 6) is 0.490. The molecule has 0 bridgehead atoms. The van der Waals surface area contributed by atoms with Crippen LogP contribution in [-0.2, 0) is 19.5 Å². The first-order valence-electron chi connectivity index (χ1n) is 12.8. The number of aromatic nitrogens is 6. The van der Waals surface area contributed by atoms with Crippen LogP contribution in [0.3, 0.4) is 0 Å². The monoisotopic (exact) mass is 561 g/mol. The number of nitrogens with one attached hydrogen (secondary N) is 2. The van der Waals surface area contributed by atoms with E-state index in [1.165, 1.54) is 19.3 Å². The van der Waals surface area contributed by atoms with Gasteiger partial charge in [0.05, 0.1) is 17.5 Å². The summed E-state index contributed by atoms with van der Waals surface area (Å²) in [6.45, 7) is 13.2. The standard InChI is InChI=1S/C17H21N7O2S.C8H16O2.C2H4.H2/c1-10-5-14(9-18-6-10)16-21-17(23-22-16)24-27(25,26)13(4)12(3)15-19-7-11(2)8-20-15;1-9-7-4-3-5-8(6-7)10-2;1-2;/h5-9,12-13H,1-4H3,(H2,21,22,23,24);7-8H,3-6H2,1-2H3;1-2H2;1H/t12-,13-;7-,8+;;/m0.../s1. The van der Waals surface area contributed by atoms with E-state index in [2.05, 4.69) is 48.0 Å². The molecule has 216 valence electrons. The fourth-order valence-corrected chi connectivity index (χ4v) is 5.18. The van der Waals surface area contributed by atoms with Crippen molar-refractivity contribution in [3.05, 3.63) is 61.0 Å². The highest BCUT2D eigenvalue weighted by Crippen LogP contribution is 2.24. The van der Waals surface area contributed by atoms with Crippen LogP contribution in [0.4, 0.5) is 5.95 Å². The van der Waals surface area contributed by atoms with Crippen LogP contribution in [0.5, 0.6) is 0 Å². The van der Waals surface area contributed by atoms with Gasteiger partial charge >= 0.3 is 0 Å². The molecule has 0 unspecified atom stereocenters. The van der Waals surface area contributed by atoms with Crippen LogP contribution in [0.15, 0.2) is 44.0 Å². The zero-order valence-electron chi connectivity index (χ0n) is 23.7. The van der Waals surface area contributed by atoms with Crippen molar-refractivity contribution in [3.63, 3.8) is 0 Å². The third-order valence-electron chi connectivity index (χ3n) is 6.51. The molecular weight excluding hydrogens is 518 g/mol. The molecule has 0 saturated heterocycles. The van der Waals surface area contributed by atoms with E-state index in [9.17, 15) is 8.42 Å². The molecule has 3 aromatic rings. The van der Waals surface area contributed by atoms with Gasteiger partial charge in [-0.3, -0.25) is 10.1 Å². The Morgan fingerprint density at radius 1 is 1.03 bits per heavy atom. The number of nitrogens with zero attached hydrogens (tertiary/aromatic N) is 5. The second-order valence-corrected chi connectivity index (χ2v) is 11.4. The van der Waals surface area contributed by atoms with Gasteiger partial charge in [-0.15, -0.1) is 18.3 Å². The number of aromatic amines is 1.